The topological polar surface area (TPSA) is 179 Å². The van der Waals surface area contributed by atoms with Gasteiger partial charge in [0.2, 0.25) is 17.1 Å². The van der Waals surface area contributed by atoms with E-state index in [1.807, 2.05) is 89.7 Å². The molecule has 66 heavy (non-hydrogen) atoms. The molecule has 2 aliphatic carbocycles. The Morgan fingerprint density at radius 3 is 1.85 bits per heavy atom. The number of carbonyl (C=O) groups excluding carboxylic acids is 2. The number of aryl methyl sites for hydroxylation is 2. The van der Waals surface area contributed by atoms with Gasteiger partial charge in [0.15, 0.2) is 12.1 Å². The number of ether oxygens (including phenoxy) is 4. The third kappa shape index (κ3) is 17.2. The van der Waals surface area contributed by atoms with Gasteiger partial charge in [-0.2, -0.15) is 0 Å². The molecule has 0 aromatic carbocycles. The summed E-state index contributed by atoms with van der Waals surface area (Å²) in [7, 11) is 3.76. The van der Waals surface area contributed by atoms with Gasteiger partial charge in [-0.1, -0.05) is 6.92 Å². The van der Waals surface area contributed by atoms with Crippen molar-refractivity contribution in [3.63, 3.8) is 0 Å². The first kappa shape index (κ1) is 52.3. The Hall–Kier alpha value is -4.71. The van der Waals surface area contributed by atoms with Crippen molar-refractivity contribution in [2.24, 2.45) is 0 Å². The quantitative estimate of drug-likeness (QED) is 0.0667. The van der Waals surface area contributed by atoms with E-state index < -0.39 is 0 Å². The van der Waals surface area contributed by atoms with Gasteiger partial charge in [-0.3, -0.25) is 9.59 Å². The lowest BCUT2D eigenvalue weighted by Gasteiger charge is -2.25. The van der Waals surface area contributed by atoms with Crippen LogP contribution in [0.25, 0.3) is 11.5 Å². The molecule has 0 saturated carbocycles. The number of fused-ring (bicyclic) bond motifs is 2. The molecule has 16 nitrogen and oxygen atoms in total. The van der Waals surface area contributed by atoms with Crippen molar-refractivity contribution in [2.45, 2.75) is 130 Å². The van der Waals surface area contributed by atoms with Gasteiger partial charge in [-0.25, -0.2) is 29.9 Å². The zero-order valence-corrected chi connectivity index (χ0v) is 42.5. The number of aromatic nitrogens is 6. The van der Waals surface area contributed by atoms with Crippen molar-refractivity contribution in [3.05, 3.63) is 69.1 Å². The Kier molecular flexibility index (Phi) is 19.7. The monoisotopic (exact) mass is 994 g/mol. The van der Waals surface area contributed by atoms with Gasteiger partial charge in [0.25, 0.3) is 0 Å². The molecule has 0 spiro atoms. The average molecular weight is 996 g/mol. The molecule has 3 aliphatic rings. The summed E-state index contributed by atoms with van der Waals surface area (Å²) in [6.45, 7) is 16.8. The fourth-order valence-electron chi connectivity index (χ4n) is 7.49. The van der Waals surface area contributed by atoms with Crippen molar-refractivity contribution in [2.75, 3.05) is 63.4 Å². The lowest BCUT2D eigenvalue weighted by molar-refractivity contribution is -0.165. The van der Waals surface area contributed by atoms with E-state index in [4.69, 9.17) is 40.5 Å². The van der Waals surface area contributed by atoms with E-state index in [1.54, 1.807) is 12.4 Å². The molecular weight excluding hydrogens is 928 g/mol. The van der Waals surface area contributed by atoms with Crippen LogP contribution in [0.4, 0.5) is 11.6 Å². The van der Waals surface area contributed by atoms with E-state index in [9.17, 15) is 9.59 Å². The SMILES string of the molecule is CCCOc1ccc(Br)nc1.CN(CC(=O)NC(C)(C)C)c1nc(-c2ccc(OCCOC3CCCCO3)cn2)nc2c1CCC2.CN(CC(=O)NC(C)(C)C)c1nc(Cl)nc2c1CCC2. The predicted octanol–water partition coefficient (Wildman–Crippen LogP) is 7.90. The molecular formula is C48H68BrClN10O6. The molecule has 1 unspecified atom stereocenters. The van der Waals surface area contributed by atoms with Gasteiger partial charge in [-0.05, 0) is 158 Å². The lowest BCUT2D eigenvalue weighted by Crippen LogP contribution is -2.45. The summed E-state index contributed by atoms with van der Waals surface area (Å²) in [5, 5.41) is 6.21. The van der Waals surface area contributed by atoms with Crippen LogP contribution in [0.2, 0.25) is 5.28 Å². The molecule has 2 N–H and O–H groups in total. The van der Waals surface area contributed by atoms with Gasteiger partial charge in [0, 0.05) is 48.6 Å². The number of carbonyl (C=O) groups is 2. The van der Waals surface area contributed by atoms with Crippen LogP contribution < -0.4 is 29.9 Å². The maximum atomic E-state index is 12.5. The summed E-state index contributed by atoms with van der Waals surface area (Å²) in [6, 6.07) is 7.50. The van der Waals surface area contributed by atoms with E-state index in [0.29, 0.717) is 30.5 Å². The molecule has 18 heteroatoms. The molecule has 360 valence electrons. The third-order valence-electron chi connectivity index (χ3n) is 10.2. The van der Waals surface area contributed by atoms with Gasteiger partial charge in [0.1, 0.15) is 40.0 Å². The Morgan fingerprint density at radius 1 is 0.742 bits per heavy atom. The number of halogens is 2. The van der Waals surface area contributed by atoms with Crippen LogP contribution in [0.5, 0.6) is 11.5 Å². The summed E-state index contributed by atoms with van der Waals surface area (Å²) < 4.78 is 23.2. The third-order valence-corrected chi connectivity index (χ3v) is 10.9. The van der Waals surface area contributed by atoms with Gasteiger partial charge in [0.05, 0.1) is 44.4 Å². The number of pyridine rings is 2. The molecule has 1 aliphatic heterocycles. The van der Waals surface area contributed by atoms with Crippen LogP contribution in [0, 0.1) is 0 Å². The van der Waals surface area contributed by atoms with Gasteiger partial charge >= 0.3 is 0 Å². The van der Waals surface area contributed by atoms with E-state index in [-0.39, 0.29) is 47.6 Å². The summed E-state index contributed by atoms with van der Waals surface area (Å²) >= 11 is 9.21. The molecule has 1 fully saturated rings. The Labute approximate surface area is 403 Å². The maximum Gasteiger partial charge on any atom is 0.239 e. The number of amides is 2. The van der Waals surface area contributed by atoms with Gasteiger partial charge in [-0.15, -0.1) is 0 Å². The number of nitrogens with zero attached hydrogens (tertiary/aromatic N) is 8. The number of likely N-dealkylation sites (N-methyl/N-ethyl adjacent to an activating group) is 2. The van der Waals surface area contributed by atoms with E-state index >= 15 is 0 Å². The fraction of sp³-hybridized carbons (Fsp3) is 0.583. The minimum atomic E-state index is -0.278. The fourth-order valence-corrected chi connectivity index (χ4v) is 7.90. The Morgan fingerprint density at radius 2 is 1.32 bits per heavy atom. The molecule has 4 aromatic heterocycles. The summed E-state index contributed by atoms with van der Waals surface area (Å²) in [5.41, 5.74) is 4.47. The maximum absolute atomic E-state index is 12.5. The molecule has 1 saturated heterocycles. The molecule has 7 rings (SSSR count). The van der Waals surface area contributed by atoms with Crippen LogP contribution in [-0.4, -0.2) is 113 Å². The smallest absolute Gasteiger partial charge is 0.239 e. The lowest BCUT2D eigenvalue weighted by atomic mass is 10.1. The normalized spacial score (nSPS) is 15.2. The first-order valence-corrected chi connectivity index (χ1v) is 24.1. The van der Waals surface area contributed by atoms with Crippen molar-refractivity contribution < 1.29 is 28.5 Å². The van der Waals surface area contributed by atoms with Crippen molar-refractivity contribution in [3.8, 4) is 23.0 Å². The number of hydrogen-bond donors (Lipinski definition) is 2. The van der Waals surface area contributed by atoms with E-state index in [0.717, 1.165) is 122 Å². The minimum Gasteiger partial charge on any atom is -0.492 e. The number of anilines is 2. The highest BCUT2D eigenvalue weighted by Gasteiger charge is 2.26. The second-order valence-corrected chi connectivity index (χ2v) is 19.8. The predicted molar refractivity (Wildman–Crippen MR) is 261 cm³/mol. The number of nitrogens with one attached hydrogen (secondary N) is 2. The summed E-state index contributed by atoms with van der Waals surface area (Å²) in [6.07, 6.45) is 13.3. The van der Waals surface area contributed by atoms with Crippen molar-refractivity contribution >= 4 is 51.0 Å². The van der Waals surface area contributed by atoms with Crippen LogP contribution in [-0.2, 0) is 44.7 Å². The van der Waals surface area contributed by atoms with Crippen LogP contribution >= 0.6 is 27.5 Å². The Balaban J connectivity index is 0.000000220. The second-order valence-electron chi connectivity index (χ2n) is 18.6. The van der Waals surface area contributed by atoms with E-state index in [2.05, 4.69) is 53.4 Å². The van der Waals surface area contributed by atoms with Crippen LogP contribution in [0.1, 0.15) is 110 Å². The zero-order chi connectivity index (χ0) is 47.9. The van der Waals surface area contributed by atoms with Crippen molar-refractivity contribution in [1.29, 1.82) is 0 Å². The van der Waals surface area contributed by atoms with Gasteiger partial charge < -0.3 is 39.4 Å². The molecule has 4 aromatic rings. The molecule has 5 heterocycles. The van der Waals surface area contributed by atoms with Crippen LogP contribution in [0.15, 0.2) is 41.3 Å². The van der Waals surface area contributed by atoms with Crippen molar-refractivity contribution in [1.82, 2.24) is 40.5 Å². The average Bonchev–Trinajstić information content (AvgIpc) is 3.94. The number of hydrogen-bond acceptors (Lipinski definition) is 14. The first-order valence-electron chi connectivity index (χ1n) is 22.9. The second kappa shape index (κ2) is 24.9. The molecule has 1 atom stereocenters. The minimum absolute atomic E-state index is 0.0264. The zero-order valence-electron chi connectivity index (χ0n) is 40.1. The highest BCUT2D eigenvalue weighted by atomic mass is 79.9. The molecule has 0 radical (unpaired) electrons. The van der Waals surface area contributed by atoms with Crippen LogP contribution in [0.3, 0.4) is 0 Å². The van der Waals surface area contributed by atoms with E-state index in [1.165, 1.54) is 0 Å². The summed E-state index contributed by atoms with van der Waals surface area (Å²) in [4.78, 5) is 55.0. The highest BCUT2D eigenvalue weighted by molar-refractivity contribution is 9.10. The number of rotatable bonds is 15. The highest BCUT2D eigenvalue weighted by Crippen LogP contribution is 2.32. The standard InChI is InChI=1S/C26H37N5O4.C14H21ClN4O.C8H10BrNO/c1-26(2,3)30-22(32)17-31(4)25-19-8-7-9-20(19)28-24(29-25)21-12-11-18(16-27-21)33-14-15-35-23-10-5-6-13-34-23;1-14(2,3)18-11(20)8-19(4)12-9-6-5-7-10(9)16-13(15)17-12;1-2-5-11-7-3-4-8(9)10-6-7/h11-12,16,23H,5-10,13-15,17H2,1-4H3,(H,30,32);5-8H2,1-4H3,(H,18,20);3-4,6H,2,5H2,1H3. The first-order chi connectivity index (χ1) is 31.4. The molecule has 2 amide bonds. The molecule has 0 bridgehead atoms. The largest absolute Gasteiger partial charge is 0.492 e. The Bertz CT molecular complexity index is 2180. The summed E-state index contributed by atoms with van der Waals surface area (Å²) in [5.74, 6) is 3.58.